The summed E-state index contributed by atoms with van der Waals surface area (Å²) in [5, 5.41) is 0. The topological polar surface area (TPSA) is 26.0 Å². The molecule has 0 unspecified atom stereocenters. The van der Waals surface area contributed by atoms with E-state index >= 15 is 0 Å². The van der Waals surface area contributed by atoms with Gasteiger partial charge in [0.1, 0.15) is 5.82 Å². The molecule has 2 N–H and O–H groups in total. The van der Waals surface area contributed by atoms with Gasteiger partial charge in [-0.3, -0.25) is 0 Å². The van der Waals surface area contributed by atoms with Crippen molar-refractivity contribution in [3.05, 3.63) is 50.9 Å². The number of nitrogens with two attached hydrogens (primary N) is 1. The van der Waals surface area contributed by atoms with Crippen LogP contribution in [0, 0.1) is 5.82 Å². The molecule has 1 aromatic carbocycles. The molecule has 0 saturated heterocycles. The molecule has 0 spiro atoms. The molecule has 0 aliphatic heterocycles. The smallest absolute Gasteiger partial charge is 0.123 e. The normalized spacial score (nSPS) is 10.5. The van der Waals surface area contributed by atoms with Crippen molar-refractivity contribution >= 4 is 28.6 Å². The van der Waals surface area contributed by atoms with Crippen LogP contribution in [-0.4, -0.2) is 0 Å². The lowest BCUT2D eigenvalue weighted by Gasteiger charge is -2.03. The number of halogens is 2. The van der Waals surface area contributed by atoms with Gasteiger partial charge in [-0.15, -0.1) is 11.3 Å². The second kappa shape index (κ2) is 4.21. The first-order chi connectivity index (χ1) is 7.15. The Morgan fingerprint density at radius 2 is 2.07 bits per heavy atom. The zero-order chi connectivity index (χ0) is 10.8. The highest BCUT2D eigenvalue weighted by molar-refractivity contribution is 7.16. The first kappa shape index (κ1) is 10.5. The Kier molecular flexibility index (Phi) is 2.93. The van der Waals surface area contributed by atoms with Gasteiger partial charge in [-0.1, -0.05) is 11.6 Å². The monoisotopic (exact) mass is 241 g/mol. The number of rotatable bonds is 2. The number of thiophene rings is 1. The Hall–Kier alpha value is -1.06. The van der Waals surface area contributed by atoms with E-state index in [1.165, 1.54) is 23.5 Å². The minimum Gasteiger partial charge on any atom is -0.398 e. The highest BCUT2D eigenvalue weighted by atomic mass is 35.5. The first-order valence-corrected chi connectivity index (χ1v) is 5.63. The summed E-state index contributed by atoms with van der Waals surface area (Å²) in [5.74, 6) is -0.262. The first-order valence-electron chi connectivity index (χ1n) is 4.43. The van der Waals surface area contributed by atoms with Crippen molar-refractivity contribution < 1.29 is 4.39 Å². The molecule has 1 aromatic heterocycles. The summed E-state index contributed by atoms with van der Waals surface area (Å²) >= 11 is 7.30. The van der Waals surface area contributed by atoms with Crippen LogP contribution >= 0.6 is 22.9 Å². The number of benzene rings is 1. The van der Waals surface area contributed by atoms with Gasteiger partial charge in [0.15, 0.2) is 0 Å². The van der Waals surface area contributed by atoms with Gasteiger partial charge in [-0.05, 0) is 35.9 Å². The molecule has 0 fully saturated rings. The Balaban J connectivity index is 2.27. The summed E-state index contributed by atoms with van der Waals surface area (Å²) in [6.45, 7) is 0. The lowest BCUT2D eigenvalue weighted by molar-refractivity contribution is 0.626. The predicted octanol–water partition coefficient (Wildman–Crippen LogP) is 3.71. The molecule has 0 amide bonds. The molecule has 0 aliphatic rings. The Morgan fingerprint density at radius 3 is 2.73 bits per heavy atom. The molecule has 0 radical (unpaired) electrons. The molecule has 15 heavy (non-hydrogen) atoms. The van der Waals surface area contributed by atoms with Crippen LogP contribution in [-0.2, 0) is 6.42 Å². The van der Waals surface area contributed by atoms with Crippen molar-refractivity contribution in [1.29, 1.82) is 0 Å². The molecule has 0 aliphatic carbocycles. The molecule has 1 nitrogen and oxygen atoms in total. The van der Waals surface area contributed by atoms with Gasteiger partial charge < -0.3 is 5.73 Å². The van der Waals surface area contributed by atoms with Gasteiger partial charge in [-0.2, -0.15) is 0 Å². The minimum absolute atomic E-state index is 0.262. The molecule has 0 bridgehead atoms. The maximum absolute atomic E-state index is 13.0. The number of hydrogen-bond acceptors (Lipinski definition) is 2. The molecule has 78 valence electrons. The lowest BCUT2D eigenvalue weighted by atomic mass is 10.1. The van der Waals surface area contributed by atoms with Crippen molar-refractivity contribution in [1.82, 2.24) is 0 Å². The van der Waals surface area contributed by atoms with Crippen LogP contribution in [0.25, 0.3) is 0 Å². The van der Waals surface area contributed by atoms with E-state index in [4.69, 9.17) is 17.3 Å². The van der Waals surface area contributed by atoms with Crippen molar-refractivity contribution in [3.8, 4) is 0 Å². The lowest BCUT2D eigenvalue weighted by Crippen LogP contribution is -1.95. The summed E-state index contributed by atoms with van der Waals surface area (Å²) in [6, 6.07) is 8.16. The second-order valence-electron chi connectivity index (χ2n) is 3.23. The summed E-state index contributed by atoms with van der Waals surface area (Å²) in [4.78, 5) is 1.08. The third-order valence-corrected chi connectivity index (χ3v) is 3.33. The largest absolute Gasteiger partial charge is 0.398 e. The van der Waals surface area contributed by atoms with Gasteiger partial charge in [0, 0.05) is 17.0 Å². The molecule has 2 aromatic rings. The Bertz CT molecular complexity index is 481. The fraction of sp³-hybridized carbons (Fsp3) is 0.0909. The Morgan fingerprint density at radius 1 is 1.27 bits per heavy atom. The summed E-state index contributed by atoms with van der Waals surface area (Å²) in [5.41, 5.74) is 7.16. The molecule has 0 saturated carbocycles. The fourth-order valence-electron chi connectivity index (χ4n) is 1.36. The maximum atomic E-state index is 13.0. The van der Waals surface area contributed by atoms with Gasteiger partial charge in [0.2, 0.25) is 0 Å². The maximum Gasteiger partial charge on any atom is 0.123 e. The third kappa shape index (κ3) is 2.49. The van der Waals surface area contributed by atoms with Crippen LogP contribution in [0.3, 0.4) is 0 Å². The van der Waals surface area contributed by atoms with E-state index < -0.39 is 0 Å². The quantitative estimate of drug-likeness (QED) is 0.797. The molecule has 4 heteroatoms. The van der Waals surface area contributed by atoms with E-state index in [1.54, 1.807) is 6.07 Å². The van der Waals surface area contributed by atoms with Gasteiger partial charge in [-0.25, -0.2) is 4.39 Å². The SMILES string of the molecule is Nc1ccc(F)cc1Cc1ccc(Cl)s1. The predicted molar refractivity (Wildman–Crippen MR) is 62.9 cm³/mol. The van der Waals surface area contributed by atoms with E-state index in [0.717, 1.165) is 14.8 Å². The van der Waals surface area contributed by atoms with Gasteiger partial charge in [0.05, 0.1) is 4.34 Å². The van der Waals surface area contributed by atoms with Crippen LogP contribution in [0.5, 0.6) is 0 Å². The second-order valence-corrected chi connectivity index (χ2v) is 5.03. The summed E-state index contributed by atoms with van der Waals surface area (Å²) in [7, 11) is 0. The van der Waals surface area contributed by atoms with Crippen LogP contribution < -0.4 is 5.73 Å². The minimum atomic E-state index is -0.262. The van der Waals surface area contributed by atoms with E-state index in [2.05, 4.69) is 0 Å². The summed E-state index contributed by atoms with van der Waals surface area (Å²) in [6.07, 6.45) is 0.626. The fourth-order valence-corrected chi connectivity index (χ4v) is 2.47. The zero-order valence-corrected chi connectivity index (χ0v) is 9.41. The Labute approximate surface area is 96.3 Å². The van der Waals surface area contributed by atoms with Crippen molar-refractivity contribution in [2.75, 3.05) is 5.73 Å². The molecular weight excluding hydrogens is 233 g/mol. The van der Waals surface area contributed by atoms with Crippen molar-refractivity contribution in [2.45, 2.75) is 6.42 Å². The van der Waals surface area contributed by atoms with E-state index in [0.29, 0.717) is 12.1 Å². The standard InChI is InChI=1S/C11H9ClFNS/c12-11-4-2-9(15-11)6-7-5-8(13)1-3-10(7)14/h1-5H,6,14H2. The molecular formula is C11H9ClFNS. The average molecular weight is 242 g/mol. The van der Waals surface area contributed by atoms with Gasteiger partial charge >= 0.3 is 0 Å². The molecule has 1 heterocycles. The number of hydrogen-bond donors (Lipinski definition) is 1. The number of nitrogen functional groups attached to an aromatic ring is 1. The third-order valence-electron chi connectivity index (χ3n) is 2.10. The van der Waals surface area contributed by atoms with Crippen LogP contribution in [0.15, 0.2) is 30.3 Å². The van der Waals surface area contributed by atoms with Crippen molar-refractivity contribution in [3.63, 3.8) is 0 Å². The van der Waals surface area contributed by atoms with Crippen LogP contribution in [0.1, 0.15) is 10.4 Å². The van der Waals surface area contributed by atoms with E-state index in [9.17, 15) is 4.39 Å². The highest BCUT2D eigenvalue weighted by Gasteiger charge is 2.04. The summed E-state index contributed by atoms with van der Waals surface area (Å²) < 4.78 is 13.7. The van der Waals surface area contributed by atoms with Crippen molar-refractivity contribution in [2.24, 2.45) is 0 Å². The average Bonchev–Trinajstić information content (AvgIpc) is 2.58. The van der Waals surface area contributed by atoms with Crippen LogP contribution in [0.4, 0.5) is 10.1 Å². The zero-order valence-electron chi connectivity index (χ0n) is 7.84. The van der Waals surface area contributed by atoms with E-state index in [-0.39, 0.29) is 5.82 Å². The molecule has 2 rings (SSSR count). The van der Waals surface area contributed by atoms with E-state index in [1.807, 2.05) is 12.1 Å². The number of anilines is 1. The van der Waals surface area contributed by atoms with Crippen LogP contribution in [0.2, 0.25) is 4.34 Å². The molecule has 0 atom stereocenters. The highest BCUT2D eigenvalue weighted by Crippen LogP contribution is 2.25. The van der Waals surface area contributed by atoms with Gasteiger partial charge in [0.25, 0.3) is 0 Å².